The maximum absolute atomic E-state index is 12.3. The Morgan fingerprint density at radius 3 is 2.23 bits per heavy atom. The standard InChI is InChI=1S/C17H22N2O3/c1-12-5-4-6-15(11-12)18-7-9-19(10-8-18)16(20)13(2)14(3)17(21)22/h4-6,11H,7-10H2,1-3H3,(H,21,22)/b14-13-. The van der Waals surface area contributed by atoms with E-state index in [9.17, 15) is 9.59 Å². The van der Waals surface area contributed by atoms with Crippen molar-refractivity contribution < 1.29 is 14.7 Å². The average Bonchev–Trinajstić information content (AvgIpc) is 2.52. The van der Waals surface area contributed by atoms with Crippen molar-refractivity contribution in [2.24, 2.45) is 0 Å². The molecule has 1 heterocycles. The van der Waals surface area contributed by atoms with E-state index in [1.165, 1.54) is 18.2 Å². The molecule has 1 aromatic carbocycles. The van der Waals surface area contributed by atoms with E-state index in [0.29, 0.717) is 18.7 Å². The third-order valence-corrected chi connectivity index (χ3v) is 4.14. The van der Waals surface area contributed by atoms with Gasteiger partial charge in [-0.2, -0.15) is 0 Å². The summed E-state index contributed by atoms with van der Waals surface area (Å²) < 4.78 is 0. The molecule has 1 fully saturated rings. The van der Waals surface area contributed by atoms with Crippen molar-refractivity contribution in [1.29, 1.82) is 0 Å². The van der Waals surface area contributed by atoms with Crippen LogP contribution in [0.15, 0.2) is 35.4 Å². The molecule has 0 bridgehead atoms. The zero-order chi connectivity index (χ0) is 16.3. The Morgan fingerprint density at radius 2 is 1.68 bits per heavy atom. The van der Waals surface area contributed by atoms with Crippen molar-refractivity contribution in [3.05, 3.63) is 41.0 Å². The molecular formula is C17H22N2O3. The first-order valence-corrected chi connectivity index (χ1v) is 7.42. The molecule has 1 aromatic rings. The van der Waals surface area contributed by atoms with Gasteiger partial charge in [-0.05, 0) is 38.5 Å². The number of anilines is 1. The third-order valence-electron chi connectivity index (χ3n) is 4.14. The maximum Gasteiger partial charge on any atom is 0.331 e. The van der Waals surface area contributed by atoms with Gasteiger partial charge in [0.05, 0.1) is 0 Å². The molecule has 0 unspecified atom stereocenters. The number of carboxylic acid groups (broad SMARTS) is 1. The predicted molar refractivity (Wildman–Crippen MR) is 86.0 cm³/mol. The second-order valence-electron chi connectivity index (χ2n) is 5.67. The summed E-state index contributed by atoms with van der Waals surface area (Å²) in [6.07, 6.45) is 0. The average molecular weight is 302 g/mol. The lowest BCUT2D eigenvalue weighted by molar-refractivity contribution is -0.134. The fourth-order valence-corrected chi connectivity index (χ4v) is 2.55. The van der Waals surface area contributed by atoms with Crippen molar-refractivity contribution in [1.82, 2.24) is 4.90 Å². The van der Waals surface area contributed by atoms with Crippen LogP contribution in [0.4, 0.5) is 5.69 Å². The number of amides is 1. The lowest BCUT2D eigenvalue weighted by Gasteiger charge is -2.36. The summed E-state index contributed by atoms with van der Waals surface area (Å²) in [6, 6.07) is 8.30. The van der Waals surface area contributed by atoms with E-state index in [2.05, 4.69) is 30.0 Å². The van der Waals surface area contributed by atoms with Crippen LogP contribution in [0.5, 0.6) is 0 Å². The SMILES string of the molecule is C/C(C(=O)O)=C(\C)C(=O)N1CCN(c2cccc(C)c2)CC1. The number of aryl methyl sites for hydroxylation is 1. The van der Waals surface area contributed by atoms with Gasteiger partial charge < -0.3 is 14.9 Å². The van der Waals surface area contributed by atoms with Crippen LogP contribution in [0, 0.1) is 6.92 Å². The molecule has 0 saturated carbocycles. The second-order valence-corrected chi connectivity index (χ2v) is 5.67. The number of carboxylic acids is 1. The van der Waals surface area contributed by atoms with E-state index in [4.69, 9.17) is 5.11 Å². The van der Waals surface area contributed by atoms with E-state index in [-0.39, 0.29) is 11.5 Å². The van der Waals surface area contributed by atoms with Gasteiger partial charge in [0, 0.05) is 43.0 Å². The summed E-state index contributed by atoms with van der Waals surface area (Å²) in [4.78, 5) is 27.3. The zero-order valence-electron chi connectivity index (χ0n) is 13.3. The normalized spacial score (nSPS) is 16.3. The largest absolute Gasteiger partial charge is 0.478 e. The first-order chi connectivity index (χ1) is 10.4. The van der Waals surface area contributed by atoms with Crippen LogP contribution in [-0.2, 0) is 9.59 Å². The summed E-state index contributed by atoms with van der Waals surface area (Å²) in [5.41, 5.74) is 2.82. The van der Waals surface area contributed by atoms with E-state index in [1.807, 2.05) is 6.07 Å². The van der Waals surface area contributed by atoms with Gasteiger partial charge in [-0.25, -0.2) is 4.79 Å². The van der Waals surface area contributed by atoms with Gasteiger partial charge in [0.15, 0.2) is 0 Å². The number of piperazine rings is 1. The van der Waals surface area contributed by atoms with Crippen LogP contribution >= 0.6 is 0 Å². The third kappa shape index (κ3) is 3.47. The quantitative estimate of drug-likeness (QED) is 0.868. The number of carbonyl (C=O) groups is 2. The summed E-state index contributed by atoms with van der Waals surface area (Å²) in [5.74, 6) is -1.21. The van der Waals surface area contributed by atoms with Gasteiger partial charge in [0.1, 0.15) is 0 Å². The van der Waals surface area contributed by atoms with E-state index >= 15 is 0 Å². The topological polar surface area (TPSA) is 60.9 Å². The smallest absolute Gasteiger partial charge is 0.331 e. The van der Waals surface area contributed by atoms with Crippen molar-refractivity contribution in [3.8, 4) is 0 Å². The van der Waals surface area contributed by atoms with Crippen LogP contribution in [0.25, 0.3) is 0 Å². The number of hydrogen-bond donors (Lipinski definition) is 1. The first-order valence-electron chi connectivity index (χ1n) is 7.42. The molecular weight excluding hydrogens is 280 g/mol. The van der Waals surface area contributed by atoms with Crippen LogP contribution in [0.2, 0.25) is 0 Å². The van der Waals surface area contributed by atoms with Gasteiger partial charge in [0.2, 0.25) is 5.91 Å². The van der Waals surface area contributed by atoms with E-state index < -0.39 is 5.97 Å². The van der Waals surface area contributed by atoms with Gasteiger partial charge in [-0.3, -0.25) is 4.79 Å². The Balaban J connectivity index is 2.02. The molecule has 1 N–H and O–H groups in total. The fraction of sp³-hybridized carbons (Fsp3) is 0.412. The number of nitrogens with zero attached hydrogens (tertiary/aromatic N) is 2. The number of benzene rings is 1. The lowest BCUT2D eigenvalue weighted by Crippen LogP contribution is -2.49. The Morgan fingerprint density at radius 1 is 1.05 bits per heavy atom. The van der Waals surface area contributed by atoms with Crippen LogP contribution in [0.1, 0.15) is 19.4 Å². The molecule has 0 aliphatic carbocycles. The van der Waals surface area contributed by atoms with Crippen LogP contribution in [-0.4, -0.2) is 48.1 Å². The highest BCUT2D eigenvalue weighted by Gasteiger charge is 2.24. The molecule has 5 heteroatoms. The highest BCUT2D eigenvalue weighted by atomic mass is 16.4. The number of hydrogen-bond acceptors (Lipinski definition) is 3. The van der Waals surface area contributed by atoms with Gasteiger partial charge in [-0.15, -0.1) is 0 Å². The van der Waals surface area contributed by atoms with E-state index in [0.717, 1.165) is 13.1 Å². The first kappa shape index (κ1) is 16.1. The van der Waals surface area contributed by atoms with Gasteiger partial charge in [-0.1, -0.05) is 12.1 Å². The van der Waals surface area contributed by atoms with Crippen molar-refractivity contribution >= 4 is 17.6 Å². The molecule has 0 radical (unpaired) electrons. The minimum atomic E-state index is -1.04. The van der Waals surface area contributed by atoms with Crippen LogP contribution in [0.3, 0.4) is 0 Å². The maximum atomic E-state index is 12.3. The Labute approximate surface area is 130 Å². The molecule has 0 atom stereocenters. The molecule has 118 valence electrons. The minimum Gasteiger partial charge on any atom is -0.478 e. The predicted octanol–water partition coefficient (Wildman–Crippen LogP) is 2.06. The number of rotatable bonds is 3. The molecule has 1 aliphatic heterocycles. The van der Waals surface area contributed by atoms with Gasteiger partial charge >= 0.3 is 5.97 Å². The molecule has 22 heavy (non-hydrogen) atoms. The highest BCUT2D eigenvalue weighted by molar-refractivity contribution is 6.01. The van der Waals surface area contributed by atoms with Crippen molar-refractivity contribution in [3.63, 3.8) is 0 Å². The molecule has 1 aliphatic rings. The molecule has 5 nitrogen and oxygen atoms in total. The van der Waals surface area contributed by atoms with Gasteiger partial charge in [0.25, 0.3) is 0 Å². The summed E-state index contributed by atoms with van der Waals surface area (Å²) in [5, 5.41) is 8.98. The minimum absolute atomic E-state index is 0.117. The molecule has 0 aromatic heterocycles. The summed E-state index contributed by atoms with van der Waals surface area (Å²) in [7, 11) is 0. The number of aliphatic carboxylic acids is 1. The number of carbonyl (C=O) groups excluding carboxylic acids is 1. The summed E-state index contributed by atoms with van der Waals surface area (Å²) in [6.45, 7) is 7.85. The van der Waals surface area contributed by atoms with Crippen LogP contribution < -0.4 is 4.90 Å². The second kappa shape index (κ2) is 6.64. The molecule has 0 spiro atoms. The lowest BCUT2D eigenvalue weighted by atomic mass is 10.1. The Kier molecular flexibility index (Phi) is 4.85. The Hall–Kier alpha value is -2.30. The highest BCUT2D eigenvalue weighted by Crippen LogP contribution is 2.19. The Bertz CT molecular complexity index is 614. The van der Waals surface area contributed by atoms with Crippen molar-refractivity contribution in [2.75, 3.05) is 31.1 Å². The monoisotopic (exact) mass is 302 g/mol. The molecule has 2 rings (SSSR count). The molecule has 1 saturated heterocycles. The molecule has 1 amide bonds. The van der Waals surface area contributed by atoms with E-state index in [1.54, 1.807) is 11.8 Å². The summed E-state index contributed by atoms with van der Waals surface area (Å²) >= 11 is 0. The fourth-order valence-electron chi connectivity index (χ4n) is 2.55. The van der Waals surface area contributed by atoms with Crippen molar-refractivity contribution in [2.45, 2.75) is 20.8 Å². The zero-order valence-corrected chi connectivity index (χ0v) is 13.3.